The van der Waals surface area contributed by atoms with Gasteiger partial charge in [-0.15, -0.1) is 0 Å². The molecule has 0 amide bonds. The van der Waals surface area contributed by atoms with Crippen LogP contribution in [0.2, 0.25) is 0 Å². The van der Waals surface area contributed by atoms with E-state index in [-0.39, 0.29) is 10.8 Å². The van der Waals surface area contributed by atoms with Crippen molar-refractivity contribution in [3.8, 4) is 6.07 Å². The van der Waals surface area contributed by atoms with Gasteiger partial charge in [0.1, 0.15) is 0 Å². The Balaban J connectivity index is 2.90. The first-order chi connectivity index (χ1) is 7.86. The number of nitriles is 1. The molecule has 1 aromatic carbocycles. The molecule has 1 N–H and O–H groups in total. The lowest BCUT2D eigenvalue weighted by atomic mass is 10.1. The summed E-state index contributed by atoms with van der Waals surface area (Å²) in [5.41, 5.74) is 1.00. The molecule has 2 atom stereocenters. The van der Waals surface area contributed by atoms with Gasteiger partial charge in [0.05, 0.1) is 16.9 Å². The van der Waals surface area contributed by atoms with Crippen LogP contribution < -0.4 is 4.72 Å². The molecule has 92 valence electrons. The van der Waals surface area contributed by atoms with E-state index in [0.717, 1.165) is 5.56 Å². The zero-order valence-corrected chi connectivity index (χ0v) is 11.0. The van der Waals surface area contributed by atoms with E-state index in [2.05, 4.69) is 4.72 Å². The number of aryl methyl sites for hydroxylation is 1. The van der Waals surface area contributed by atoms with Crippen molar-refractivity contribution in [3.63, 3.8) is 0 Å². The fourth-order valence-electron chi connectivity index (χ4n) is 1.24. The van der Waals surface area contributed by atoms with Crippen LogP contribution >= 0.6 is 0 Å². The summed E-state index contributed by atoms with van der Waals surface area (Å²) in [5.74, 6) is -0.366. The predicted molar refractivity (Wildman–Crippen MR) is 65.7 cm³/mol. The van der Waals surface area contributed by atoms with Crippen LogP contribution in [0, 0.1) is 24.2 Å². The van der Waals surface area contributed by atoms with E-state index in [1.807, 2.05) is 13.0 Å². The van der Waals surface area contributed by atoms with Crippen LogP contribution in [0.5, 0.6) is 0 Å². The maximum Gasteiger partial charge on any atom is 0.240 e. The lowest BCUT2D eigenvalue weighted by Gasteiger charge is -2.15. The first-order valence-corrected chi connectivity index (χ1v) is 6.84. The highest BCUT2D eigenvalue weighted by Crippen LogP contribution is 2.12. The van der Waals surface area contributed by atoms with Gasteiger partial charge in [-0.3, -0.25) is 0 Å². The summed E-state index contributed by atoms with van der Waals surface area (Å²) in [6.45, 7) is 5.26. The van der Waals surface area contributed by atoms with Crippen molar-refractivity contribution in [2.45, 2.75) is 31.7 Å². The van der Waals surface area contributed by atoms with E-state index in [1.54, 1.807) is 38.1 Å². The van der Waals surface area contributed by atoms with Crippen molar-refractivity contribution in [3.05, 3.63) is 29.8 Å². The smallest absolute Gasteiger partial charge is 0.207 e. The average Bonchev–Trinajstić information content (AvgIpc) is 2.27. The van der Waals surface area contributed by atoms with E-state index < -0.39 is 16.1 Å². The first kappa shape index (κ1) is 13.7. The number of hydrogen-bond donors (Lipinski definition) is 1. The molecule has 0 radical (unpaired) electrons. The molecule has 0 bridgehead atoms. The number of nitrogens with zero attached hydrogens (tertiary/aromatic N) is 1. The van der Waals surface area contributed by atoms with E-state index in [4.69, 9.17) is 5.26 Å². The van der Waals surface area contributed by atoms with Gasteiger partial charge in [-0.05, 0) is 32.9 Å². The highest BCUT2D eigenvalue weighted by atomic mass is 32.2. The molecule has 0 aliphatic carbocycles. The van der Waals surface area contributed by atoms with Crippen molar-refractivity contribution < 1.29 is 8.42 Å². The van der Waals surface area contributed by atoms with E-state index in [9.17, 15) is 8.42 Å². The topological polar surface area (TPSA) is 70.0 Å². The van der Waals surface area contributed by atoms with Crippen LogP contribution in [-0.2, 0) is 10.0 Å². The summed E-state index contributed by atoms with van der Waals surface area (Å²) in [4.78, 5) is 0.222. The lowest BCUT2D eigenvalue weighted by molar-refractivity contribution is 0.516. The minimum Gasteiger partial charge on any atom is -0.207 e. The summed E-state index contributed by atoms with van der Waals surface area (Å²) in [5, 5.41) is 8.72. The maximum absolute atomic E-state index is 12.0. The van der Waals surface area contributed by atoms with Gasteiger partial charge < -0.3 is 0 Å². The van der Waals surface area contributed by atoms with Gasteiger partial charge in [0, 0.05) is 6.04 Å². The minimum atomic E-state index is -3.53. The van der Waals surface area contributed by atoms with Crippen molar-refractivity contribution in [1.29, 1.82) is 5.26 Å². The van der Waals surface area contributed by atoms with Crippen LogP contribution in [-0.4, -0.2) is 14.5 Å². The highest BCUT2D eigenvalue weighted by Gasteiger charge is 2.20. The summed E-state index contributed by atoms with van der Waals surface area (Å²) < 4.78 is 26.4. The van der Waals surface area contributed by atoms with E-state index in [0.29, 0.717) is 0 Å². The first-order valence-electron chi connectivity index (χ1n) is 5.35. The van der Waals surface area contributed by atoms with Crippen molar-refractivity contribution in [2.75, 3.05) is 0 Å². The molecule has 2 unspecified atom stereocenters. The Hall–Kier alpha value is -1.38. The third-order valence-corrected chi connectivity index (χ3v) is 4.20. The Morgan fingerprint density at radius 2 is 1.76 bits per heavy atom. The van der Waals surface area contributed by atoms with Gasteiger partial charge in [0.15, 0.2) is 0 Å². The number of hydrogen-bond acceptors (Lipinski definition) is 3. The molecule has 0 heterocycles. The molecule has 0 aromatic heterocycles. The summed E-state index contributed by atoms with van der Waals surface area (Å²) in [6.07, 6.45) is 0. The molecule has 1 aromatic rings. The number of nitrogens with one attached hydrogen (secondary N) is 1. The second-order valence-electron chi connectivity index (χ2n) is 4.14. The van der Waals surface area contributed by atoms with Gasteiger partial charge in [-0.2, -0.15) is 5.26 Å². The van der Waals surface area contributed by atoms with Crippen LogP contribution in [0.4, 0.5) is 0 Å². The zero-order chi connectivity index (χ0) is 13.1. The quantitative estimate of drug-likeness (QED) is 0.888. The molecule has 0 fully saturated rings. The van der Waals surface area contributed by atoms with Crippen molar-refractivity contribution in [2.24, 2.45) is 5.92 Å². The van der Waals surface area contributed by atoms with Gasteiger partial charge in [-0.25, -0.2) is 13.1 Å². The second kappa shape index (κ2) is 5.30. The summed E-state index contributed by atoms with van der Waals surface area (Å²) in [6, 6.07) is 8.21. The maximum atomic E-state index is 12.0. The molecule has 0 saturated carbocycles. The Bertz CT molecular complexity index is 514. The van der Waals surface area contributed by atoms with Crippen LogP contribution in [0.3, 0.4) is 0 Å². The number of benzene rings is 1. The molecule has 17 heavy (non-hydrogen) atoms. The normalized spacial score (nSPS) is 14.9. The Labute approximate surface area is 102 Å². The average molecular weight is 252 g/mol. The SMILES string of the molecule is Cc1ccc(S(=O)(=O)NC(C)C(C)C#N)cc1. The summed E-state index contributed by atoms with van der Waals surface area (Å²) in [7, 11) is -3.53. The fourth-order valence-corrected chi connectivity index (χ4v) is 2.57. The van der Waals surface area contributed by atoms with Crippen LogP contribution in [0.15, 0.2) is 29.2 Å². The van der Waals surface area contributed by atoms with Gasteiger partial charge in [0.25, 0.3) is 0 Å². The van der Waals surface area contributed by atoms with Crippen molar-refractivity contribution in [1.82, 2.24) is 4.72 Å². The lowest BCUT2D eigenvalue weighted by Crippen LogP contribution is -2.36. The zero-order valence-electron chi connectivity index (χ0n) is 10.1. The van der Waals surface area contributed by atoms with Crippen LogP contribution in [0.1, 0.15) is 19.4 Å². The standard InChI is InChI=1S/C12H16N2O2S/c1-9-4-6-12(7-5-9)17(15,16)14-11(3)10(2)8-13/h4-7,10-11,14H,1-3H3. The van der Waals surface area contributed by atoms with Gasteiger partial charge in [-0.1, -0.05) is 17.7 Å². The Morgan fingerprint density at radius 1 is 1.24 bits per heavy atom. The number of rotatable bonds is 4. The monoisotopic (exact) mass is 252 g/mol. The van der Waals surface area contributed by atoms with E-state index in [1.165, 1.54) is 0 Å². The Kier molecular flexibility index (Phi) is 4.27. The predicted octanol–water partition coefficient (Wildman–Crippen LogP) is 1.82. The minimum absolute atomic E-state index is 0.222. The van der Waals surface area contributed by atoms with Crippen LogP contribution in [0.25, 0.3) is 0 Å². The third-order valence-electron chi connectivity index (χ3n) is 2.63. The van der Waals surface area contributed by atoms with Gasteiger partial charge >= 0.3 is 0 Å². The second-order valence-corrected chi connectivity index (χ2v) is 5.85. The molecule has 4 nitrogen and oxygen atoms in total. The fraction of sp³-hybridized carbons (Fsp3) is 0.417. The molecule has 0 aliphatic rings. The molecular weight excluding hydrogens is 236 g/mol. The summed E-state index contributed by atoms with van der Waals surface area (Å²) >= 11 is 0. The highest BCUT2D eigenvalue weighted by molar-refractivity contribution is 7.89. The molecule has 1 rings (SSSR count). The Morgan fingerprint density at radius 3 is 2.24 bits per heavy atom. The molecular formula is C12H16N2O2S. The van der Waals surface area contributed by atoms with Gasteiger partial charge in [0.2, 0.25) is 10.0 Å². The molecule has 0 spiro atoms. The largest absolute Gasteiger partial charge is 0.240 e. The molecule has 0 saturated heterocycles. The van der Waals surface area contributed by atoms with Crippen molar-refractivity contribution >= 4 is 10.0 Å². The van der Waals surface area contributed by atoms with E-state index >= 15 is 0 Å². The molecule has 0 aliphatic heterocycles. The third kappa shape index (κ3) is 3.55. The number of sulfonamides is 1. The molecule has 5 heteroatoms.